The Balaban J connectivity index is 1.35. The lowest BCUT2D eigenvalue weighted by atomic mass is 9.97. The van der Waals surface area contributed by atoms with E-state index < -0.39 is 0 Å². The third kappa shape index (κ3) is 5.39. The lowest BCUT2D eigenvalue weighted by Gasteiger charge is -2.31. The number of hydrogen-bond donors (Lipinski definition) is 1. The van der Waals surface area contributed by atoms with Gasteiger partial charge >= 0.3 is 0 Å². The fourth-order valence-corrected chi connectivity index (χ4v) is 4.75. The normalized spacial score (nSPS) is 16.6. The van der Waals surface area contributed by atoms with Crippen molar-refractivity contribution in [3.63, 3.8) is 0 Å². The minimum Gasteiger partial charge on any atom is -0.497 e. The average molecular weight is 458 g/mol. The predicted molar refractivity (Wildman–Crippen MR) is 127 cm³/mol. The number of carbonyl (C=O) groups is 1. The van der Waals surface area contributed by atoms with Crippen molar-refractivity contribution in [2.45, 2.75) is 39.2 Å². The molecule has 32 heavy (non-hydrogen) atoms. The van der Waals surface area contributed by atoms with E-state index in [9.17, 15) is 4.79 Å². The van der Waals surface area contributed by atoms with Gasteiger partial charge in [0.05, 0.1) is 31.0 Å². The Labute approximate surface area is 192 Å². The van der Waals surface area contributed by atoms with Crippen LogP contribution in [0.2, 0.25) is 0 Å². The van der Waals surface area contributed by atoms with Gasteiger partial charge in [0.25, 0.3) is 0 Å². The quantitative estimate of drug-likeness (QED) is 0.495. The molecule has 3 aromatic rings. The Hall–Kier alpha value is -2.65. The van der Waals surface area contributed by atoms with E-state index in [0.717, 1.165) is 52.9 Å². The molecule has 0 unspecified atom stereocenters. The van der Waals surface area contributed by atoms with Crippen molar-refractivity contribution in [3.05, 3.63) is 30.5 Å². The highest BCUT2D eigenvalue weighted by Crippen LogP contribution is 2.30. The van der Waals surface area contributed by atoms with Crippen LogP contribution >= 0.6 is 11.3 Å². The Bertz CT molecular complexity index is 999. The SMILES string of the molecule is COc1ccc(-c2cn3nc(N4CCC[C@@H](C(=O)NCCCOC(C)C)C4)sc3n2)cc1. The number of carbonyl (C=O) groups excluding carboxylic acids is 1. The van der Waals surface area contributed by atoms with Crippen LogP contribution in [-0.4, -0.2) is 60.0 Å². The standard InChI is InChI=1S/C23H31N5O3S/c1-16(2)31-13-5-11-24-21(29)18-6-4-12-27(14-18)23-26-28-15-20(25-22(28)32-23)17-7-9-19(30-3)10-8-17/h7-10,15-16,18H,4-6,11-14H2,1-3H3,(H,24,29)/t18-/m1/s1. The molecule has 3 heterocycles. The van der Waals surface area contributed by atoms with Gasteiger partial charge in [0, 0.05) is 31.8 Å². The Morgan fingerprint density at radius 2 is 2.12 bits per heavy atom. The largest absolute Gasteiger partial charge is 0.497 e. The zero-order chi connectivity index (χ0) is 22.5. The van der Waals surface area contributed by atoms with Gasteiger partial charge < -0.3 is 19.7 Å². The minimum absolute atomic E-state index is 0.0131. The summed E-state index contributed by atoms with van der Waals surface area (Å²) in [5.41, 5.74) is 1.91. The summed E-state index contributed by atoms with van der Waals surface area (Å²) < 4.78 is 12.6. The zero-order valence-corrected chi connectivity index (χ0v) is 19.7. The smallest absolute Gasteiger partial charge is 0.224 e. The molecule has 1 amide bonds. The van der Waals surface area contributed by atoms with E-state index in [2.05, 4.69) is 10.2 Å². The monoisotopic (exact) mass is 457 g/mol. The molecule has 1 atom stereocenters. The van der Waals surface area contributed by atoms with Crippen molar-refractivity contribution in [2.24, 2.45) is 5.92 Å². The van der Waals surface area contributed by atoms with Crippen LogP contribution in [0.5, 0.6) is 5.75 Å². The maximum atomic E-state index is 12.6. The van der Waals surface area contributed by atoms with E-state index in [1.54, 1.807) is 18.4 Å². The van der Waals surface area contributed by atoms with Crippen molar-refractivity contribution >= 4 is 27.3 Å². The fourth-order valence-electron chi connectivity index (χ4n) is 3.83. The number of hydrogen-bond acceptors (Lipinski definition) is 7. The van der Waals surface area contributed by atoms with E-state index in [0.29, 0.717) is 19.7 Å². The number of amides is 1. The molecule has 1 aliphatic heterocycles. The summed E-state index contributed by atoms with van der Waals surface area (Å²) in [5, 5.41) is 8.72. The lowest BCUT2D eigenvalue weighted by Crippen LogP contribution is -2.43. The van der Waals surface area contributed by atoms with E-state index >= 15 is 0 Å². The number of piperidine rings is 1. The fraction of sp³-hybridized carbons (Fsp3) is 0.522. The zero-order valence-electron chi connectivity index (χ0n) is 18.9. The van der Waals surface area contributed by atoms with Crippen LogP contribution in [-0.2, 0) is 9.53 Å². The van der Waals surface area contributed by atoms with Crippen molar-refractivity contribution in [1.82, 2.24) is 19.9 Å². The van der Waals surface area contributed by atoms with Crippen LogP contribution in [0.4, 0.5) is 5.13 Å². The third-order valence-electron chi connectivity index (χ3n) is 5.55. The van der Waals surface area contributed by atoms with E-state index in [1.165, 1.54) is 0 Å². The van der Waals surface area contributed by atoms with Crippen LogP contribution < -0.4 is 15.0 Å². The van der Waals surface area contributed by atoms with Crippen molar-refractivity contribution in [2.75, 3.05) is 38.3 Å². The number of anilines is 1. The predicted octanol–water partition coefficient (Wildman–Crippen LogP) is 3.61. The molecule has 8 nitrogen and oxygen atoms in total. The van der Waals surface area contributed by atoms with Crippen LogP contribution in [0.15, 0.2) is 30.5 Å². The van der Waals surface area contributed by atoms with Gasteiger partial charge in [0.2, 0.25) is 16.0 Å². The Kier molecular flexibility index (Phi) is 7.26. The maximum Gasteiger partial charge on any atom is 0.224 e. The maximum absolute atomic E-state index is 12.6. The summed E-state index contributed by atoms with van der Waals surface area (Å²) in [6.07, 6.45) is 4.90. The molecule has 2 aromatic heterocycles. The van der Waals surface area contributed by atoms with Crippen molar-refractivity contribution < 1.29 is 14.3 Å². The van der Waals surface area contributed by atoms with Crippen molar-refractivity contribution in [3.8, 4) is 17.0 Å². The molecule has 0 radical (unpaired) electrons. The van der Waals surface area contributed by atoms with Crippen LogP contribution in [0.3, 0.4) is 0 Å². The number of nitrogens with zero attached hydrogens (tertiary/aromatic N) is 4. The molecule has 0 aliphatic carbocycles. The molecular formula is C23H31N5O3S. The second-order valence-electron chi connectivity index (χ2n) is 8.32. The second kappa shape index (κ2) is 10.3. The molecule has 1 aromatic carbocycles. The van der Waals surface area contributed by atoms with E-state index in [-0.39, 0.29) is 17.9 Å². The van der Waals surface area contributed by atoms with Gasteiger partial charge in [-0.15, -0.1) is 5.10 Å². The highest BCUT2D eigenvalue weighted by molar-refractivity contribution is 7.20. The van der Waals surface area contributed by atoms with Gasteiger partial charge in [-0.3, -0.25) is 4.79 Å². The molecule has 1 N–H and O–H groups in total. The van der Waals surface area contributed by atoms with E-state index in [1.807, 2.05) is 48.8 Å². The number of methoxy groups -OCH3 is 1. The summed E-state index contributed by atoms with van der Waals surface area (Å²) >= 11 is 1.56. The van der Waals surface area contributed by atoms with Gasteiger partial charge in [0.15, 0.2) is 0 Å². The number of rotatable bonds is 9. The van der Waals surface area contributed by atoms with E-state index in [4.69, 9.17) is 19.6 Å². The van der Waals surface area contributed by atoms with Crippen LogP contribution in [0.1, 0.15) is 33.1 Å². The number of imidazole rings is 1. The summed E-state index contributed by atoms with van der Waals surface area (Å²) in [6, 6.07) is 7.85. The Morgan fingerprint density at radius 3 is 2.84 bits per heavy atom. The van der Waals surface area contributed by atoms with Gasteiger partial charge in [-0.1, -0.05) is 11.3 Å². The summed E-state index contributed by atoms with van der Waals surface area (Å²) in [6.45, 7) is 6.97. The number of nitrogens with one attached hydrogen (secondary N) is 1. The number of fused-ring (bicyclic) bond motifs is 1. The molecule has 1 aliphatic rings. The molecule has 4 rings (SSSR count). The molecule has 1 saturated heterocycles. The highest BCUT2D eigenvalue weighted by Gasteiger charge is 2.27. The summed E-state index contributed by atoms with van der Waals surface area (Å²) in [7, 11) is 1.66. The minimum atomic E-state index is -0.0131. The third-order valence-corrected chi connectivity index (χ3v) is 6.54. The Morgan fingerprint density at radius 1 is 1.31 bits per heavy atom. The first-order chi connectivity index (χ1) is 15.5. The molecule has 0 saturated carbocycles. The van der Waals surface area contributed by atoms with Crippen molar-refractivity contribution in [1.29, 1.82) is 0 Å². The summed E-state index contributed by atoms with van der Waals surface area (Å²) in [5.74, 6) is 0.936. The number of aromatic nitrogens is 3. The highest BCUT2D eigenvalue weighted by atomic mass is 32.1. The van der Waals surface area contributed by atoms with Gasteiger partial charge in [-0.2, -0.15) is 0 Å². The molecule has 9 heteroatoms. The van der Waals surface area contributed by atoms with Crippen LogP contribution in [0.25, 0.3) is 16.2 Å². The lowest BCUT2D eigenvalue weighted by molar-refractivity contribution is -0.125. The molecule has 1 fully saturated rings. The first-order valence-corrected chi connectivity index (χ1v) is 12.0. The number of benzene rings is 1. The first-order valence-electron chi connectivity index (χ1n) is 11.2. The molecule has 0 bridgehead atoms. The molecule has 172 valence electrons. The first kappa shape index (κ1) is 22.5. The summed E-state index contributed by atoms with van der Waals surface area (Å²) in [4.78, 5) is 20.4. The van der Waals surface area contributed by atoms with Crippen LogP contribution in [0, 0.1) is 5.92 Å². The topological polar surface area (TPSA) is 81.0 Å². The second-order valence-corrected chi connectivity index (χ2v) is 9.25. The van der Waals surface area contributed by atoms with Gasteiger partial charge in [0.1, 0.15) is 5.75 Å². The van der Waals surface area contributed by atoms with Gasteiger partial charge in [-0.25, -0.2) is 9.50 Å². The van der Waals surface area contributed by atoms with Gasteiger partial charge in [-0.05, 0) is 57.4 Å². The molecular weight excluding hydrogens is 426 g/mol. The molecule has 0 spiro atoms. The number of ether oxygens (including phenoxy) is 2. The average Bonchev–Trinajstić information content (AvgIpc) is 3.38.